The van der Waals surface area contributed by atoms with Crippen molar-refractivity contribution in [3.8, 4) is 0 Å². The van der Waals surface area contributed by atoms with Gasteiger partial charge in [0.1, 0.15) is 0 Å². The molecule has 0 aliphatic rings. The van der Waals surface area contributed by atoms with Crippen LogP contribution in [0.3, 0.4) is 0 Å². The van der Waals surface area contributed by atoms with Crippen LogP contribution in [-0.2, 0) is 4.79 Å². The van der Waals surface area contributed by atoms with Gasteiger partial charge in [0.05, 0.1) is 6.61 Å². The lowest BCUT2D eigenvalue weighted by molar-refractivity contribution is -0.117. The molecule has 5 heteroatoms. The third-order valence-electron chi connectivity index (χ3n) is 1.70. The van der Waals surface area contributed by atoms with Crippen molar-refractivity contribution in [2.75, 3.05) is 39.8 Å². The second kappa shape index (κ2) is 7.97. The maximum atomic E-state index is 10.3. The van der Waals surface area contributed by atoms with Crippen LogP contribution in [0, 0.1) is 0 Å². The number of nitrogens with one attached hydrogen (secondary N) is 1. The zero-order chi connectivity index (χ0) is 10.1. The van der Waals surface area contributed by atoms with Gasteiger partial charge in [-0.3, -0.25) is 4.79 Å². The minimum absolute atomic E-state index is 0.178. The second-order valence-corrected chi connectivity index (χ2v) is 2.99. The van der Waals surface area contributed by atoms with E-state index in [4.69, 9.17) is 10.8 Å². The first-order chi connectivity index (χ1) is 6.16. The molecule has 0 rings (SSSR count). The normalized spacial score (nSPS) is 10.7. The molecule has 0 aromatic carbocycles. The topological polar surface area (TPSA) is 78.6 Å². The van der Waals surface area contributed by atoms with E-state index in [0.717, 1.165) is 13.1 Å². The zero-order valence-corrected chi connectivity index (χ0v) is 8.12. The van der Waals surface area contributed by atoms with Crippen molar-refractivity contribution < 1.29 is 9.90 Å². The molecular formula is C8H19N3O2. The van der Waals surface area contributed by atoms with Crippen LogP contribution in [0.25, 0.3) is 0 Å². The van der Waals surface area contributed by atoms with Gasteiger partial charge in [-0.1, -0.05) is 0 Å². The summed E-state index contributed by atoms with van der Waals surface area (Å²) >= 11 is 0. The van der Waals surface area contributed by atoms with Crippen molar-refractivity contribution >= 4 is 5.91 Å². The Kier molecular flexibility index (Phi) is 7.57. The fourth-order valence-electron chi connectivity index (χ4n) is 0.889. The minimum atomic E-state index is -0.281. The molecule has 0 aliphatic carbocycles. The predicted molar refractivity (Wildman–Crippen MR) is 51.3 cm³/mol. The van der Waals surface area contributed by atoms with Gasteiger partial charge in [-0.2, -0.15) is 0 Å². The van der Waals surface area contributed by atoms with Gasteiger partial charge >= 0.3 is 0 Å². The van der Waals surface area contributed by atoms with Crippen molar-refractivity contribution in [1.29, 1.82) is 0 Å². The van der Waals surface area contributed by atoms with Crippen LogP contribution in [0.5, 0.6) is 0 Å². The molecule has 0 aromatic rings. The number of hydrogen-bond acceptors (Lipinski definition) is 4. The van der Waals surface area contributed by atoms with Gasteiger partial charge in [0, 0.05) is 32.6 Å². The van der Waals surface area contributed by atoms with Gasteiger partial charge < -0.3 is 21.1 Å². The van der Waals surface area contributed by atoms with Crippen LogP contribution in [0.4, 0.5) is 0 Å². The molecule has 0 heterocycles. The number of carbonyl (C=O) groups is 1. The molecule has 0 saturated carbocycles. The van der Waals surface area contributed by atoms with E-state index in [2.05, 4.69) is 5.32 Å². The lowest BCUT2D eigenvalue weighted by Crippen LogP contribution is -2.32. The average molecular weight is 189 g/mol. The van der Waals surface area contributed by atoms with Crippen LogP contribution in [0.15, 0.2) is 0 Å². The smallest absolute Gasteiger partial charge is 0.218 e. The van der Waals surface area contributed by atoms with Gasteiger partial charge in [0.2, 0.25) is 5.91 Å². The highest BCUT2D eigenvalue weighted by Crippen LogP contribution is 1.79. The minimum Gasteiger partial charge on any atom is -0.395 e. The van der Waals surface area contributed by atoms with Crippen molar-refractivity contribution in [2.45, 2.75) is 6.42 Å². The van der Waals surface area contributed by atoms with Crippen molar-refractivity contribution in [3.63, 3.8) is 0 Å². The van der Waals surface area contributed by atoms with Gasteiger partial charge in [-0.05, 0) is 7.05 Å². The van der Waals surface area contributed by atoms with E-state index in [-0.39, 0.29) is 12.5 Å². The number of nitrogens with two attached hydrogens (primary N) is 1. The van der Waals surface area contributed by atoms with Crippen molar-refractivity contribution in [2.24, 2.45) is 5.73 Å². The number of hydrogen-bond donors (Lipinski definition) is 3. The lowest BCUT2D eigenvalue weighted by Gasteiger charge is -2.14. The molecule has 4 N–H and O–H groups in total. The van der Waals surface area contributed by atoms with Crippen LogP contribution in [0.2, 0.25) is 0 Å². The van der Waals surface area contributed by atoms with Gasteiger partial charge in [-0.15, -0.1) is 0 Å². The molecule has 0 spiro atoms. The van der Waals surface area contributed by atoms with E-state index < -0.39 is 0 Å². The maximum Gasteiger partial charge on any atom is 0.218 e. The highest BCUT2D eigenvalue weighted by atomic mass is 16.3. The summed E-state index contributed by atoms with van der Waals surface area (Å²) in [6, 6.07) is 0. The van der Waals surface area contributed by atoms with E-state index in [1.54, 1.807) is 0 Å². The summed E-state index contributed by atoms with van der Waals surface area (Å²) in [4.78, 5) is 12.3. The Labute approximate surface area is 78.9 Å². The Balaban J connectivity index is 3.11. The summed E-state index contributed by atoms with van der Waals surface area (Å²) in [7, 11) is 1.94. The molecule has 0 unspecified atom stereocenters. The Morgan fingerprint density at radius 3 is 2.69 bits per heavy atom. The molecule has 0 atom stereocenters. The van der Waals surface area contributed by atoms with Gasteiger partial charge in [0.15, 0.2) is 0 Å². The maximum absolute atomic E-state index is 10.3. The van der Waals surface area contributed by atoms with Crippen molar-refractivity contribution in [3.05, 3.63) is 0 Å². The highest BCUT2D eigenvalue weighted by Gasteiger charge is 1.96. The van der Waals surface area contributed by atoms with E-state index in [0.29, 0.717) is 19.5 Å². The molecule has 78 valence electrons. The number of aliphatic hydroxyl groups excluding tert-OH is 1. The Bertz CT molecular complexity index is 141. The standard InChI is InChI=1S/C8H19N3O2/c1-11(6-7-12)5-4-10-3-2-8(9)13/h10,12H,2-7H2,1H3,(H2,9,13). The lowest BCUT2D eigenvalue weighted by atomic mass is 10.4. The number of likely N-dealkylation sites (N-methyl/N-ethyl adjacent to an activating group) is 1. The molecule has 5 nitrogen and oxygen atoms in total. The van der Waals surface area contributed by atoms with E-state index >= 15 is 0 Å². The number of amides is 1. The second-order valence-electron chi connectivity index (χ2n) is 2.99. The molecular weight excluding hydrogens is 170 g/mol. The number of primary amides is 1. The van der Waals surface area contributed by atoms with Crippen LogP contribution < -0.4 is 11.1 Å². The molecule has 0 saturated heterocycles. The molecule has 0 bridgehead atoms. The van der Waals surface area contributed by atoms with Crippen LogP contribution in [0.1, 0.15) is 6.42 Å². The average Bonchev–Trinajstić information content (AvgIpc) is 2.03. The largest absolute Gasteiger partial charge is 0.395 e. The number of nitrogens with zero attached hydrogens (tertiary/aromatic N) is 1. The SMILES string of the molecule is CN(CCO)CCNCCC(N)=O. The Morgan fingerprint density at radius 1 is 1.46 bits per heavy atom. The quantitative estimate of drug-likeness (QED) is 0.401. The molecule has 0 fully saturated rings. The fraction of sp³-hybridized carbons (Fsp3) is 0.875. The van der Waals surface area contributed by atoms with E-state index in [1.807, 2.05) is 11.9 Å². The summed E-state index contributed by atoms with van der Waals surface area (Å²) in [5.41, 5.74) is 4.96. The van der Waals surface area contributed by atoms with E-state index in [1.165, 1.54) is 0 Å². The van der Waals surface area contributed by atoms with Crippen LogP contribution >= 0.6 is 0 Å². The Hall–Kier alpha value is -0.650. The van der Waals surface area contributed by atoms with Crippen LogP contribution in [-0.4, -0.2) is 55.7 Å². The number of carbonyl (C=O) groups excluding carboxylic acids is 1. The molecule has 0 aromatic heterocycles. The third kappa shape index (κ3) is 9.26. The summed E-state index contributed by atoms with van der Waals surface area (Å²) in [6.07, 6.45) is 0.379. The zero-order valence-electron chi connectivity index (χ0n) is 8.12. The molecule has 13 heavy (non-hydrogen) atoms. The van der Waals surface area contributed by atoms with Gasteiger partial charge in [0.25, 0.3) is 0 Å². The van der Waals surface area contributed by atoms with Crippen molar-refractivity contribution in [1.82, 2.24) is 10.2 Å². The first-order valence-electron chi connectivity index (χ1n) is 4.45. The summed E-state index contributed by atoms with van der Waals surface area (Å²) in [6.45, 7) is 3.15. The Morgan fingerprint density at radius 2 is 2.15 bits per heavy atom. The summed E-state index contributed by atoms with van der Waals surface area (Å²) < 4.78 is 0. The predicted octanol–water partition coefficient (Wildman–Crippen LogP) is -1.62. The van der Waals surface area contributed by atoms with Gasteiger partial charge in [-0.25, -0.2) is 0 Å². The molecule has 1 amide bonds. The number of rotatable bonds is 8. The first kappa shape index (κ1) is 12.3. The number of aliphatic hydroxyl groups is 1. The summed E-state index contributed by atoms with van der Waals surface area (Å²) in [5, 5.41) is 11.7. The monoisotopic (exact) mass is 189 g/mol. The first-order valence-corrected chi connectivity index (χ1v) is 4.45. The fourth-order valence-corrected chi connectivity index (χ4v) is 0.889. The molecule has 0 radical (unpaired) electrons. The summed E-state index contributed by atoms with van der Waals surface area (Å²) in [5.74, 6) is -0.281. The third-order valence-corrected chi connectivity index (χ3v) is 1.70. The molecule has 0 aliphatic heterocycles. The highest BCUT2D eigenvalue weighted by molar-refractivity contribution is 5.73. The van der Waals surface area contributed by atoms with E-state index in [9.17, 15) is 4.79 Å².